The zero-order chi connectivity index (χ0) is 23.0. The predicted octanol–water partition coefficient (Wildman–Crippen LogP) is 3.11. The van der Waals surface area contributed by atoms with Gasteiger partial charge in [-0.05, 0) is 41.5 Å². The number of benzene rings is 3. The maximum Gasteiger partial charge on any atom is 0.256 e. The smallest absolute Gasteiger partial charge is 0.256 e. The van der Waals surface area contributed by atoms with Crippen molar-refractivity contribution in [1.82, 2.24) is 9.21 Å². The van der Waals surface area contributed by atoms with Gasteiger partial charge >= 0.3 is 0 Å². The topological polar surface area (TPSA) is 78.0 Å². The van der Waals surface area contributed by atoms with E-state index >= 15 is 0 Å². The zero-order valence-corrected chi connectivity index (χ0v) is 19.0. The lowest BCUT2D eigenvalue weighted by Gasteiger charge is -2.34. The van der Waals surface area contributed by atoms with Gasteiger partial charge < -0.3 is 9.80 Å². The van der Waals surface area contributed by atoms with Crippen molar-refractivity contribution in [3.8, 4) is 0 Å². The summed E-state index contributed by atoms with van der Waals surface area (Å²) in [5, 5.41) is 1.86. The van der Waals surface area contributed by atoms with E-state index in [0.29, 0.717) is 37.3 Å². The Morgan fingerprint density at radius 1 is 0.788 bits per heavy atom. The summed E-state index contributed by atoms with van der Waals surface area (Å²) in [6.45, 7) is 1.67. The Kier molecular flexibility index (Phi) is 5.64. The van der Waals surface area contributed by atoms with Crippen LogP contribution in [0.5, 0.6) is 0 Å². The molecule has 8 heteroatoms. The van der Waals surface area contributed by atoms with E-state index in [0.717, 1.165) is 17.2 Å². The maximum absolute atomic E-state index is 13.3. The Morgan fingerprint density at radius 2 is 1.48 bits per heavy atom. The van der Waals surface area contributed by atoms with Gasteiger partial charge in [0.05, 0.1) is 16.1 Å². The van der Waals surface area contributed by atoms with Gasteiger partial charge in [-0.1, -0.05) is 42.5 Å². The molecular weight excluding hydrogens is 438 g/mol. The number of carbonyl (C=O) groups excluding carboxylic acids is 2. The molecule has 0 atom stereocenters. The normalized spacial score (nSPS) is 17.6. The van der Waals surface area contributed by atoms with Crippen molar-refractivity contribution in [3.63, 3.8) is 0 Å². The molecule has 2 aliphatic rings. The first-order chi connectivity index (χ1) is 15.9. The van der Waals surface area contributed by atoms with Gasteiger partial charge in [0.15, 0.2) is 0 Å². The van der Waals surface area contributed by atoms with Crippen molar-refractivity contribution >= 4 is 38.3 Å². The summed E-state index contributed by atoms with van der Waals surface area (Å²) in [7, 11) is -3.65. The van der Waals surface area contributed by atoms with Crippen molar-refractivity contribution < 1.29 is 18.0 Å². The number of piperazine rings is 1. The van der Waals surface area contributed by atoms with E-state index in [-0.39, 0.29) is 29.8 Å². The Bertz CT molecular complexity index is 1330. The van der Waals surface area contributed by atoms with Crippen LogP contribution in [0.2, 0.25) is 0 Å². The fourth-order valence-electron chi connectivity index (χ4n) is 4.57. The molecule has 2 aliphatic heterocycles. The van der Waals surface area contributed by atoms with Gasteiger partial charge in [0, 0.05) is 39.1 Å². The summed E-state index contributed by atoms with van der Waals surface area (Å²) >= 11 is 0. The number of anilines is 1. The van der Waals surface area contributed by atoms with Crippen LogP contribution in [0.3, 0.4) is 0 Å². The fourth-order valence-corrected chi connectivity index (χ4v) is 6.03. The first kappa shape index (κ1) is 21.6. The highest BCUT2D eigenvalue weighted by Gasteiger charge is 2.32. The van der Waals surface area contributed by atoms with Crippen LogP contribution in [-0.4, -0.2) is 62.2 Å². The summed E-state index contributed by atoms with van der Waals surface area (Å²) in [5.41, 5.74) is 1.12. The molecule has 3 aromatic carbocycles. The first-order valence-corrected chi connectivity index (χ1v) is 12.6. The lowest BCUT2D eigenvalue weighted by atomic mass is 10.1. The van der Waals surface area contributed by atoms with Gasteiger partial charge in [0.2, 0.25) is 15.9 Å². The zero-order valence-electron chi connectivity index (χ0n) is 18.2. The Morgan fingerprint density at radius 3 is 2.21 bits per heavy atom. The van der Waals surface area contributed by atoms with E-state index in [2.05, 4.69) is 0 Å². The number of rotatable bonds is 4. The second kappa shape index (κ2) is 8.61. The molecule has 0 aromatic heterocycles. The molecular formula is C25H25N3O4S. The van der Waals surface area contributed by atoms with Crippen LogP contribution in [0.15, 0.2) is 71.6 Å². The number of carbonyl (C=O) groups is 2. The third-order valence-electron chi connectivity index (χ3n) is 6.38. The third-order valence-corrected chi connectivity index (χ3v) is 8.28. The largest absolute Gasteiger partial charge is 0.336 e. The lowest BCUT2D eigenvalue weighted by molar-refractivity contribution is -0.117. The molecule has 5 rings (SSSR count). The van der Waals surface area contributed by atoms with Crippen LogP contribution >= 0.6 is 0 Å². The molecule has 0 N–H and O–H groups in total. The maximum atomic E-state index is 13.3. The van der Waals surface area contributed by atoms with E-state index < -0.39 is 10.0 Å². The van der Waals surface area contributed by atoms with Gasteiger partial charge in [-0.25, -0.2) is 8.42 Å². The van der Waals surface area contributed by atoms with Crippen LogP contribution in [0.1, 0.15) is 23.2 Å². The molecule has 0 saturated carbocycles. The molecule has 2 saturated heterocycles. The standard InChI is InChI=1S/C25H25N3O4S/c29-24-10-5-13-28(24)23-9-4-3-8-22(23)25(30)26-14-16-27(17-15-26)33(31,32)21-12-11-19-6-1-2-7-20(19)18-21/h1-4,6-9,11-12,18H,5,10,13-17H2. The number of nitrogens with zero attached hydrogens (tertiary/aromatic N) is 3. The van der Waals surface area contributed by atoms with E-state index in [1.165, 1.54) is 4.31 Å². The molecule has 170 valence electrons. The highest BCUT2D eigenvalue weighted by atomic mass is 32.2. The molecule has 33 heavy (non-hydrogen) atoms. The van der Waals surface area contributed by atoms with Gasteiger partial charge in [-0.2, -0.15) is 4.31 Å². The van der Waals surface area contributed by atoms with E-state index in [1.54, 1.807) is 40.1 Å². The molecule has 7 nitrogen and oxygen atoms in total. The number of hydrogen-bond acceptors (Lipinski definition) is 4. The fraction of sp³-hybridized carbons (Fsp3) is 0.280. The molecule has 0 bridgehead atoms. The quantitative estimate of drug-likeness (QED) is 0.596. The third kappa shape index (κ3) is 4.00. The van der Waals surface area contributed by atoms with Crippen molar-refractivity contribution in [2.75, 3.05) is 37.6 Å². The minimum absolute atomic E-state index is 0.0292. The second-order valence-electron chi connectivity index (χ2n) is 8.37. The van der Waals surface area contributed by atoms with Gasteiger partial charge in [-0.3, -0.25) is 9.59 Å². The second-order valence-corrected chi connectivity index (χ2v) is 10.3. The molecule has 2 fully saturated rings. The van der Waals surface area contributed by atoms with Crippen LogP contribution in [0, 0.1) is 0 Å². The van der Waals surface area contributed by atoms with Gasteiger partial charge in [0.25, 0.3) is 5.91 Å². The molecule has 0 aliphatic carbocycles. The lowest BCUT2D eigenvalue weighted by Crippen LogP contribution is -2.50. The first-order valence-electron chi connectivity index (χ1n) is 11.1. The molecule has 2 heterocycles. The van der Waals surface area contributed by atoms with Crippen molar-refractivity contribution in [3.05, 3.63) is 72.3 Å². The highest BCUT2D eigenvalue weighted by Crippen LogP contribution is 2.28. The average Bonchev–Trinajstić information content (AvgIpc) is 3.29. The molecule has 3 aromatic rings. The SMILES string of the molecule is O=C(c1ccccc1N1CCCC1=O)N1CCN(S(=O)(=O)c2ccc3ccccc3c2)CC1. The van der Waals surface area contributed by atoms with Crippen LogP contribution in [0.25, 0.3) is 10.8 Å². The molecule has 0 spiro atoms. The van der Waals surface area contributed by atoms with Gasteiger partial charge in [-0.15, -0.1) is 0 Å². The minimum Gasteiger partial charge on any atom is -0.336 e. The van der Waals surface area contributed by atoms with Crippen molar-refractivity contribution in [1.29, 1.82) is 0 Å². The molecule has 0 unspecified atom stereocenters. The van der Waals surface area contributed by atoms with Crippen molar-refractivity contribution in [2.45, 2.75) is 17.7 Å². The highest BCUT2D eigenvalue weighted by molar-refractivity contribution is 7.89. The van der Waals surface area contributed by atoms with E-state index in [9.17, 15) is 18.0 Å². The number of para-hydroxylation sites is 1. The summed E-state index contributed by atoms with van der Waals surface area (Å²) in [5.74, 6) is -0.144. The Labute approximate surface area is 193 Å². The van der Waals surface area contributed by atoms with Crippen molar-refractivity contribution in [2.24, 2.45) is 0 Å². The Balaban J connectivity index is 1.32. The number of fused-ring (bicyclic) bond motifs is 1. The summed E-state index contributed by atoms with van der Waals surface area (Å²) in [6.07, 6.45) is 1.28. The molecule has 2 amide bonds. The number of amides is 2. The monoisotopic (exact) mass is 463 g/mol. The average molecular weight is 464 g/mol. The minimum atomic E-state index is -3.65. The van der Waals surface area contributed by atoms with Crippen LogP contribution in [-0.2, 0) is 14.8 Å². The van der Waals surface area contributed by atoms with Crippen LogP contribution in [0.4, 0.5) is 5.69 Å². The van der Waals surface area contributed by atoms with Gasteiger partial charge in [0.1, 0.15) is 0 Å². The number of sulfonamides is 1. The summed E-state index contributed by atoms with van der Waals surface area (Å²) < 4.78 is 27.9. The number of hydrogen-bond donors (Lipinski definition) is 0. The van der Waals surface area contributed by atoms with E-state index in [1.807, 2.05) is 36.4 Å². The summed E-state index contributed by atoms with van der Waals surface area (Å²) in [4.78, 5) is 29.1. The van der Waals surface area contributed by atoms with E-state index in [4.69, 9.17) is 0 Å². The Hall–Kier alpha value is -3.23. The predicted molar refractivity (Wildman–Crippen MR) is 127 cm³/mol. The summed E-state index contributed by atoms with van der Waals surface area (Å²) in [6, 6.07) is 20.0. The van der Waals surface area contributed by atoms with Crippen LogP contribution < -0.4 is 4.90 Å². The molecule has 0 radical (unpaired) electrons.